The number of unbranched alkanes of at least 4 members (excludes halogenated alkanes) is 4. The number of hydrogen-bond acceptors (Lipinski definition) is 0. The van der Waals surface area contributed by atoms with Crippen LogP contribution in [0.15, 0.2) is 23.3 Å². The maximum absolute atomic E-state index is 2.37. The van der Waals surface area contributed by atoms with Crippen LogP contribution in [0.5, 0.6) is 0 Å². The van der Waals surface area contributed by atoms with Gasteiger partial charge in [0.2, 0.25) is 0 Å². The van der Waals surface area contributed by atoms with Gasteiger partial charge in [-0.25, -0.2) is 0 Å². The van der Waals surface area contributed by atoms with Gasteiger partial charge in [0.05, 0.1) is 0 Å². The maximum Gasteiger partial charge on any atom is -0.0130 e. The first-order chi connectivity index (χ1) is 7.38. The lowest BCUT2D eigenvalue weighted by atomic mass is 9.99. The van der Waals surface area contributed by atoms with Crippen LogP contribution in [0.2, 0.25) is 0 Å². The first kappa shape index (κ1) is 12.5. The summed E-state index contributed by atoms with van der Waals surface area (Å²) in [7, 11) is 0. The lowest BCUT2D eigenvalue weighted by Crippen LogP contribution is -1.87. The largest absolute Gasteiger partial charge is 0.0802 e. The van der Waals surface area contributed by atoms with Gasteiger partial charge in [0.15, 0.2) is 0 Å². The van der Waals surface area contributed by atoms with Gasteiger partial charge in [-0.2, -0.15) is 0 Å². The summed E-state index contributed by atoms with van der Waals surface area (Å²) in [4.78, 5) is 0. The SMILES string of the molecule is CCCCCC1=C(CCCCC)CC=C1. The topological polar surface area (TPSA) is 0 Å². The Morgan fingerprint density at radius 2 is 1.60 bits per heavy atom. The van der Waals surface area contributed by atoms with E-state index in [-0.39, 0.29) is 0 Å². The first-order valence-electron chi connectivity index (χ1n) is 6.76. The van der Waals surface area contributed by atoms with E-state index in [0.29, 0.717) is 0 Å². The predicted molar refractivity (Wildman–Crippen MR) is 69.1 cm³/mol. The van der Waals surface area contributed by atoms with Crippen molar-refractivity contribution < 1.29 is 0 Å². The Labute approximate surface area is 95.5 Å². The van der Waals surface area contributed by atoms with Gasteiger partial charge in [-0.05, 0) is 37.7 Å². The Bertz CT molecular complexity index is 220. The van der Waals surface area contributed by atoms with E-state index in [1.807, 2.05) is 0 Å². The molecule has 15 heavy (non-hydrogen) atoms. The summed E-state index contributed by atoms with van der Waals surface area (Å²) in [6.45, 7) is 4.56. The average molecular weight is 206 g/mol. The van der Waals surface area contributed by atoms with Crippen molar-refractivity contribution in [3.63, 3.8) is 0 Å². The summed E-state index contributed by atoms with van der Waals surface area (Å²) in [5.74, 6) is 0. The van der Waals surface area contributed by atoms with Crippen LogP contribution in [0, 0.1) is 0 Å². The summed E-state index contributed by atoms with van der Waals surface area (Å²) in [5, 5.41) is 0. The summed E-state index contributed by atoms with van der Waals surface area (Å²) in [6, 6.07) is 0. The van der Waals surface area contributed by atoms with Crippen molar-refractivity contribution in [3.8, 4) is 0 Å². The van der Waals surface area contributed by atoms with Gasteiger partial charge in [-0.1, -0.05) is 57.3 Å². The second-order valence-corrected chi connectivity index (χ2v) is 4.65. The second kappa shape index (κ2) is 7.73. The van der Waals surface area contributed by atoms with Gasteiger partial charge in [-0.3, -0.25) is 0 Å². The molecule has 0 unspecified atom stereocenters. The first-order valence-corrected chi connectivity index (χ1v) is 6.76. The van der Waals surface area contributed by atoms with Crippen LogP contribution in [-0.4, -0.2) is 0 Å². The number of hydrogen-bond donors (Lipinski definition) is 0. The molecule has 0 aromatic heterocycles. The molecule has 0 heteroatoms. The molecule has 0 heterocycles. The molecule has 0 N–H and O–H groups in total. The molecule has 0 spiro atoms. The molecule has 86 valence electrons. The molecule has 0 atom stereocenters. The fraction of sp³-hybridized carbons (Fsp3) is 0.733. The highest BCUT2D eigenvalue weighted by Gasteiger charge is 2.08. The lowest BCUT2D eigenvalue weighted by molar-refractivity contribution is 0.690. The molecular formula is C15H26. The highest BCUT2D eigenvalue weighted by molar-refractivity contribution is 5.33. The van der Waals surface area contributed by atoms with Gasteiger partial charge in [-0.15, -0.1) is 0 Å². The Morgan fingerprint density at radius 1 is 0.933 bits per heavy atom. The predicted octanol–water partition coefficient (Wildman–Crippen LogP) is 5.40. The van der Waals surface area contributed by atoms with Crippen LogP contribution < -0.4 is 0 Å². The minimum absolute atomic E-state index is 1.24. The van der Waals surface area contributed by atoms with Crippen molar-refractivity contribution in [1.29, 1.82) is 0 Å². The van der Waals surface area contributed by atoms with Gasteiger partial charge >= 0.3 is 0 Å². The fourth-order valence-electron chi connectivity index (χ4n) is 2.27. The van der Waals surface area contributed by atoms with E-state index in [0.717, 1.165) is 0 Å². The molecule has 1 aliphatic carbocycles. The van der Waals surface area contributed by atoms with Crippen molar-refractivity contribution >= 4 is 0 Å². The summed E-state index contributed by atoms with van der Waals surface area (Å²) in [6.07, 6.45) is 16.9. The molecule has 1 aliphatic rings. The molecule has 0 aromatic rings. The number of allylic oxidation sites excluding steroid dienone is 4. The second-order valence-electron chi connectivity index (χ2n) is 4.65. The molecule has 0 saturated heterocycles. The number of rotatable bonds is 8. The Kier molecular flexibility index (Phi) is 6.47. The van der Waals surface area contributed by atoms with E-state index in [1.54, 1.807) is 11.1 Å². The van der Waals surface area contributed by atoms with Crippen molar-refractivity contribution in [3.05, 3.63) is 23.3 Å². The normalized spacial score (nSPS) is 15.3. The molecule has 0 saturated carbocycles. The molecule has 0 fully saturated rings. The summed E-state index contributed by atoms with van der Waals surface area (Å²) >= 11 is 0. The van der Waals surface area contributed by atoms with Gasteiger partial charge in [0.25, 0.3) is 0 Å². The zero-order valence-corrected chi connectivity index (χ0v) is 10.5. The van der Waals surface area contributed by atoms with Crippen molar-refractivity contribution in [1.82, 2.24) is 0 Å². The van der Waals surface area contributed by atoms with E-state index >= 15 is 0 Å². The zero-order valence-electron chi connectivity index (χ0n) is 10.5. The van der Waals surface area contributed by atoms with E-state index in [1.165, 1.54) is 57.8 Å². The van der Waals surface area contributed by atoms with Crippen molar-refractivity contribution in [2.45, 2.75) is 71.6 Å². The van der Waals surface area contributed by atoms with Crippen molar-refractivity contribution in [2.24, 2.45) is 0 Å². The molecule has 0 aromatic carbocycles. The molecule has 0 amide bonds. The van der Waals surface area contributed by atoms with E-state index in [4.69, 9.17) is 0 Å². The summed E-state index contributed by atoms with van der Waals surface area (Å²) in [5.41, 5.74) is 3.40. The lowest BCUT2D eigenvalue weighted by Gasteiger charge is -2.06. The highest BCUT2D eigenvalue weighted by atomic mass is 14.1. The van der Waals surface area contributed by atoms with Gasteiger partial charge in [0.1, 0.15) is 0 Å². The van der Waals surface area contributed by atoms with Crippen LogP contribution in [0.3, 0.4) is 0 Å². The minimum atomic E-state index is 1.24. The monoisotopic (exact) mass is 206 g/mol. The standard InChI is InChI=1S/C15H26/c1-3-5-7-10-14-12-9-13-15(14)11-8-6-4-2/h9,12H,3-8,10-11,13H2,1-2H3. The van der Waals surface area contributed by atoms with E-state index in [9.17, 15) is 0 Å². The molecular weight excluding hydrogens is 180 g/mol. The highest BCUT2D eigenvalue weighted by Crippen LogP contribution is 2.27. The van der Waals surface area contributed by atoms with Crippen molar-refractivity contribution in [2.75, 3.05) is 0 Å². The van der Waals surface area contributed by atoms with Crippen LogP contribution in [-0.2, 0) is 0 Å². The third kappa shape index (κ3) is 4.68. The Morgan fingerprint density at radius 3 is 2.27 bits per heavy atom. The van der Waals surface area contributed by atoms with Crippen LogP contribution in [0.1, 0.15) is 71.6 Å². The van der Waals surface area contributed by atoms with Crippen LogP contribution >= 0.6 is 0 Å². The third-order valence-corrected chi connectivity index (χ3v) is 3.27. The zero-order chi connectivity index (χ0) is 10.9. The molecule has 0 nitrogen and oxygen atoms in total. The quantitative estimate of drug-likeness (QED) is 0.466. The van der Waals surface area contributed by atoms with Crippen LogP contribution in [0.25, 0.3) is 0 Å². The summed E-state index contributed by atoms with van der Waals surface area (Å²) < 4.78 is 0. The van der Waals surface area contributed by atoms with Crippen LogP contribution in [0.4, 0.5) is 0 Å². The van der Waals surface area contributed by atoms with Gasteiger partial charge < -0.3 is 0 Å². The van der Waals surface area contributed by atoms with E-state index < -0.39 is 0 Å². The third-order valence-electron chi connectivity index (χ3n) is 3.27. The van der Waals surface area contributed by atoms with E-state index in [2.05, 4.69) is 26.0 Å². The fourth-order valence-corrected chi connectivity index (χ4v) is 2.27. The molecule has 1 rings (SSSR count). The molecule has 0 aliphatic heterocycles. The smallest absolute Gasteiger partial charge is 0.0130 e. The molecule has 0 bridgehead atoms. The maximum atomic E-state index is 2.37. The molecule has 0 radical (unpaired) electrons. The average Bonchev–Trinajstić information content (AvgIpc) is 2.67. The Hall–Kier alpha value is -0.520. The van der Waals surface area contributed by atoms with Gasteiger partial charge in [0, 0.05) is 0 Å². The minimum Gasteiger partial charge on any atom is -0.0802 e. The Balaban J connectivity index is 2.28.